The number of hydrogen-bond acceptors (Lipinski definition) is 5. The molecule has 0 spiro atoms. The van der Waals surface area contributed by atoms with E-state index in [0.717, 1.165) is 18.4 Å². The van der Waals surface area contributed by atoms with Crippen molar-refractivity contribution < 1.29 is 21.8 Å². The van der Waals surface area contributed by atoms with Crippen LogP contribution >= 0.6 is 11.8 Å². The highest BCUT2D eigenvalue weighted by atomic mass is 32.2. The highest BCUT2D eigenvalue weighted by Crippen LogP contribution is 2.42. The van der Waals surface area contributed by atoms with Crippen molar-refractivity contribution >= 4 is 33.7 Å². The van der Waals surface area contributed by atoms with Crippen LogP contribution in [0.25, 0.3) is 22.7 Å². The lowest BCUT2D eigenvalue weighted by Gasteiger charge is -2.07. The maximum Gasteiger partial charge on any atom is 0.446 e. The molecule has 2 aromatic heterocycles. The van der Waals surface area contributed by atoms with Gasteiger partial charge in [0.1, 0.15) is 11.2 Å². The van der Waals surface area contributed by atoms with E-state index in [1.807, 2.05) is 13.0 Å². The number of hydrogen-bond donors (Lipinski definition) is 0. The van der Waals surface area contributed by atoms with E-state index in [1.165, 1.54) is 18.2 Å². The summed E-state index contributed by atoms with van der Waals surface area (Å²) >= 11 is -0.202. The van der Waals surface area contributed by atoms with Crippen molar-refractivity contribution in [1.29, 1.82) is 0 Å². The molecule has 2 heterocycles. The molecule has 0 radical (unpaired) electrons. The van der Waals surface area contributed by atoms with Crippen LogP contribution in [0.2, 0.25) is 0 Å². The van der Waals surface area contributed by atoms with E-state index in [4.69, 9.17) is 4.42 Å². The molecule has 9 heteroatoms. The Kier molecular flexibility index (Phi) is 4.75. The molecule has 27 heavy (non-hydrogen) atoms. The van der Waals surface area contributed by atoms with E-state index >= 15 is 0 Å². The Hall–Kier alpha value is -1.87. The molecule has 3 aromatic rings. The number of alkyl halides is 3. The third kappa shape index (κ3) is 4.03. The normalized spacial score (nSPS) is 16.0. The first-order valence-electron chi connectivity index (χ1n) is 8.39. The predicted molar refractivity (Wildman–Crippen MR) is 98.1 cm³/mol. The van der Waals surface area contributed by atoms with Crippen LogP contribution in [0, 0.1) is 0 Å². The second-order valence-corrected chi connectivity index (χ2v) is 9.07. The third-order valence-electron chi connectivity index (χ3n) is 4.23. The maximum absolute atomic E-state index is 12.6. The summed E-state index contributed by atoms with van der Waals surface area (Å²) in [6, 6.07) is 6.01. The summed E-state index contributed by atoms with van der Waals surface area (Å²) < 4.78 is 55.9. The van der Waals surface area contributed by atoms with Crippen molar-refractivity contribution in [2.75, 3.05) is 5.75 Å². The minimum absolute atomic E-state index is 0.0317. The van der Waals surface area contributed by atoms with Crippen molar-refractivity contribution in [3.63, 3.8) is 0 Å². The summed E-state index contributed by atoms with van der Waals surface area (Å²) in [6.45, 7) is 1.82. The molecular weight excluding hydrogens is 397 g/mol. The summed E-state index contributed by atoms with van der Waals surface area (Å²) in [4.78, 5) is 9.30. The molecule has 1 unspecified atom stereocenters. The van der Waals surface area contributed by atoms with Gasteiger partial charge in [0.2, 0.25) is 5.89 Å². The van der Waals surface area contributed by atoms with E-state index in [-0.39, 0.29) is 22.5 Å². The van der Waals surface area contributed by atoms with Gasteiger partial charge in [-0.15, -0.1) is 0 Å². The van der Waals surface area contributed by atoms with Gasteiger partial charge in [0.05, 0.1) is 15.7 Å². The van der Waals surface area contributed by atoms with Gasteiger partial charge in [-0.3, -0.25) is 4.21 Å². The second kappa shape index (κ2) is 6.94. The Bertz CT molecular complexity index is 1030. The lowest BCUT2D eigenvalue weighted by atomic mass is 10.2. The lowest BCUT2D eigenvalue weighted by molar-refractivity contribution is -0.0328. The fourth-order valence-corrected chi connectivity index (χ4v) is 4.30. The van der Waals surface area contributed by atoms with Gasteiger partial charge < -0.3 is 4.42 Å². The molecule has 4 nitrogen and oxygen atoms in total. The van der Waals surface area contributed by atoms with Gasteiger partial charge in [-0.2, -0.15) is 13.2 Å². The molecule has 0 amide bonds. The SMILES string of the molecule is CCS(=O)c1cc(C2CC2)cnc1-c1nc2cc(SC(F)(F)F)ccc2o1. The molecule has 1 fully saturated rings. The van der Waals surface area contributed by atoms with Gasteiger partial charge in [-0.1, -0.05) is 6.92 Å². The van der Waals surface area contributed by atoms with Crippen LogP contribution in [0.4, 0.5) is 13.2 Å². The topological polar surface area (TPSA) is 56.0 Å². The molecular formula is C18H15F3N2O2S2. The van der Waals surface area contributed by atoms with E-state index in [9.17, 15) is 17.4 Å². The summed E-state index contributed by atoms with van der Waals surface area (Å²) in [5.74, 6) is 1.05. The highest BCUT2D eigenvalue weighted by Gasteiger charge is 2.30. The van der Waals surface area contributed by atoms with Crippen molar-refractivity contribution in [3.8, 4) is 11.6 Å². The zero-order valence-electron chi connectivity index (χ0n) is 14.2. The Morgan fingerprint density at radius 3 is 2.74 bits per heavy atom. The van der Waals surface area contributed by atoms with Crippen LogP contribution in [0.1, 0.15) is 31.2 Å². The molecule has 0 aliphatic heterocycles. The summed E-state index contributed by atoms with van der Waals surface area (Å²) in [6.07, 6.45) is 3.94. The van der Waals surface area contributed by atoms with Crippen molar-refractivity contribution in [3.05, 3.63) is 36.0 Å². The maximum atomic E-state index is 12.6. The van der Waals surface area contributed by atoms with E-state index in [2.05, 4.69) is 9.97 Å². The average molecular weight is 412 g/mol. The van der Waals surface area contributed by atoms with Crippen LogP contribution in [0.5, 0.6) is 0 Å². The zero-order valence-corrected chi connectivity index (χ0v) is 15.9. The number of oxazole rings is 1. The number of nitrogens with zero attached hydrogens (tertiary/aromatic N) is 2. The Morgan fingerprint density at radius 1 is 1.30 bits per heavy atom. The van der Waals surface area contributed by atoms with E-state index in [0.29, 0.717) is 33.4 Å². The van der Waals surface area contributed by atoms with Crippen LogP contribution in [0.15, 0.2) is 44.7 Å². The van der Waals surface area contributed by atoms with E-state index < -0.39 is 16.3 Å². The zero-order chi connectivity index (χ0) is 19.2. The molecule has 1 saturated carbocycles. The molecule has 0 N–H and O–H groups in total. The van der Waals surface area contributed by atoms with Crippen LogP contribution in [-0.2, 0) is 10.8 Å². The molecule has 142 valence electrons. The quantitative estimate of drug-likeness (QED) is 0.518. The monoisotopic (exact) mass is 412 g/mol. The number of fused-ring (bicyclic) bond motifs is 1. The minimum Gasteiger partial charge on any atom is -0.435 e. The first kappa shape index (κ1) is 18.5. The number of thioether (sulfide) groups is 1. The van der Waals surface area contributed by atoms with Gasteiger partial charge in [-0.25, -0.2) is 9.97 Å². The third-order valence-corrected chi connectivity index (χ3v) is 6.27. The van der Waals surface area contributed by atoms with Gasteiger partial charge in [0.25, 0.3) is 0 Å². The standard InChI is InChI=1S/C18H15F3N2O2S2/c1-2-27(24)15-7-11(10-3-4-10)9-22-16(15)17-23-13-8-12(26-18(19,20)21)5-6-14(13)25-17/h5-10H,2-4H2,1H3. The van der Waals surface area contributed by atoms with Gasteiger partial charge >= 0.3 is 5.51 Å². The van der Waals surface area contributed by atoms with Gasteiger partial charge in [-0.05, 0) is 60.4 Å². The van der Waals surface area contributed by atoms with Gasteiger partial charge in [0, 0.05) is 16.8 Å². The number of benzene rings is 1. The highest BCUT2D eigenvalue weighted by molar-refractivity contribution is 8.00. The Labute approximate surface area is 160 Å². The van der Waals surface area contributed by atoms with Crippen molar-refractivity contribution in [2.45, 2.75) is 41.0 Å². The fourth-order valence-electron chi connectivity index (χ4n) is 2.79. The molecule has 1 atom stereocenters. The summed E-state index contributed by atoms with van der Waals surface area (Å²) in [5.41, 5.74) is -2.28. The number of rotatable bonds is 5. The van der Waals surface area contributed by atoms with E-state index in [1.54, 1.807) is 6.20 Å². The molecule has 0 saturated heterocycles. The minimum atomic E-state index is -4.37. The van der Waals surface area contributed by atoms with Crippen LogP contribution in [0.3, 0.4) is 0 Å². The summed E-state index contributed by atoms with van der Waals surface area (Å²) in [5, 5.41) is 0. The average Bonchev–Trinajstić information content (AvgIpc) is 3.38. The lowest BCUT2D eigenvalue weighted by Crippen LogP contribution is -2.01. The van der Waals surface area contributed by atoms with Crippen molar-refractivity contribution in [1.82, 2.24) is 9.97 Å². The van der Waals surface area contributed by atoms with Crippen LogP contribution in [-0.4, -0.2) is 25.4 Å². The number of aromatic nitrogens is 2. The first-order chi connectivity index (χ1) is 12.8. The van der Waals surface area contributed by atoms with Crippen LogP contribution < -0.4 is 0 Å². The number of pyridine rings is 1. The number of halogens is 3. The largest absolute Gasteiger partial charge is 0.446 e. The summed E-state index contributed by atoms with van der Waals surface area (Å²) in [7, 11) is -1.26. The predicted octanol–water partition coefficient (Wildman–Crippen LogP) is 5.51. The molecule has 4 rings (SSSR count). The first-order valence-corrected chi connectivity index (χ1v) is 10.5. The fraction of sp³-hybridized carbons (Fsp3) is 0.333. The smallest absolute Gasteiger partial charge is 0.435 e. The van der Waals surface area contributed by atoms with Crippen molar-refractivity contribution in [2.24, 2.45) is 0 Å². The Balaban J connectivity index is 1.76. The second-order valence-electron chi connectivity index (χ2n) is 6.22. The molecule has 0 bridgehead atoms. The molecule has 1 aromatic carbocycles. The Morgan fingerprint density at radius 2 is 2.07 bits per heavy atom. The van der Waals surface area contributed by atoms with Gasteiger partial charge in [0.15, 0.2) is 5.58 Å². The molecule has 1 aliphatic carbocycles. The molecule has 1 aliphatic rings.